The number of rotatable bonds is 2. The van der Waals surface area contributed by atoms with E-state index in [4.69, 9.17) is 8.83 Å². The minimum absolute atomic E-state index is 0.337. The van der Waals surface area contributed by atoms with Crippen molar-refractivity contribution in [2.45, 2.75) is 0 Å². The topological polar surface area (TPSA) is 60.4 Å². The van der Waals surface area contributed by atoms with Gasteiger partial charge in [-0.15, -0.1) is 0 Å². The van der Waals surface area contributed by atoms with Crippen LogP contribution in [0.1, 0.15) is 0 Å². The van der Waals surface area contributed by atoms with Crippen molar-refractivity contribution in [2.24, 2.45) is 0 Å². The van der Waals surface area contributed by atoms with Gasteiger partial charge in [0.15, 0.2) is 0 Å². The van der Waals surface area contributed by atoms with E-state index in [9.17, 15) is 9.59 Å². The zero-order valence-corrected chi connectivity index (χ0v) is 18.8. The highest BCUT2D eigenvalue weighted by Crippen LogP contribution is 2.36. The van der Waals surface area contributed by atoms with Crippen LogP contribution in [0.4, 0.5) is 0 Å². The first-order chi connectivity index (χ1) is 16.1. The number of para-hydroxylation sites is 1. The summed E-state index contributed by atoms with van der Waals surface area (Å²) in [4.78, 5) is 25.5. The number of hydrogen-bond acceptors (Lipinski definition) is 4. The van der Waals surface area contributed by atoms with Crippen LogP contribution in [0.2, 0.25) is 0 Å². The van der Waals surface area contributed by atoms with Gasteiger partial charge in [0.2, 0.25) is 0 Å². The van der Waals surface area contributed by atoms with Crippen molar-refractivity contribution < 1.29 is 8.83 Å². The van der Waals surface area contributed by atoms with Crippen LogP contribution in [0.25, 0.3) is 55.0 Å². The maximum Gasteiger partial charge on any atom is 0.344 e. The summed E-state index contributed by atoms with van der Waals surface area (Å²) in [6.07, 6.45) is 0. The van der Waals surface area contributed by atoms with Gasteiger partial charge in [-0.1, -0.05) is 76.6 Å². The molecule has 4 nitrogen and oxygen atoms in total. The molecule has 158 valence electrons. The van der Waals surface area contributed by atoms with Crippen molar-refractivity contribution in [3.63, 3.8) is 0 Å². The summed E-state index contributed by atoms with van der Waals surface area (Å²) in [6, 6.07) is 28.3. The molecule has 0 N–H and O–H groups in total. The van der Waals surface area contributed by atoms with Gasteiger partial charge in [-0.3, -0.25) is 0 Å². The molecule has 0 amide bonds. The summed E-state index contributed by atoms with van der Waals surface area (Å²) < 4.78 is 12.1. The molecule has 2 heterocycles. The molecule has 0 fully saturated rings. The third-order valence-electron chi connectivity index (χ3n) is 5.83. The predicted octanol–water partition coefficient (Wildman–Crippen LogP) is 7.15. The molecule has 6 rings (SSSR count). The quantitative estimate of drug-likeness (QED) is 0.240. The van der Waals surface area contributed by atoms with E-state index in [-0.39, 0.29) is 0 Å². The second-order valence-corrected chi connectivity index (χ2v) is 8.73. The van der Waals surface area contributed by atoms with Gasteiger partial charge >= 0.3 is 11.3 Å². The van der Waals surface area contributed by atoms with Crippen molar-refractivity contribution in [1.29, 1.82) is 0 Å². The largest absolute Gasteiger partial charge is 0.422 e. The molecule has 0 unspecified atom stereocenters. The number of benzene rings is 4. The molecule has 0 saturated heterocycles. The molecule has 0 spiro atoms. The Hall–Kier alpha value is -3.96. The van der Waals surface area contributed by atoms with Crippen LogP contribution in [0.5, 0.6) is 0 Å². The van der Waals surface area contributed by atoms with Crippen molar-refractivity contribution in [2.75, 3.05) is 0 Å². The molecular weight excluding hydrogens is 480 g/mol. The molecule has 0 aliphatic rings. The Balaban J connectivity index is 1.68. The molecule has 4 aromatic carbocycles. The van der Waals surface area contributed by atoms with E-state index in [1.54, 1.807) is 18.2 Å². The molecule has 0 aliphatic carbocycles. The Labute approximate surface area is 195 Å². The molecule has 0 atom stereocenters. The summed E-state index contributed by atoms with van der Waals surface area (Å²) in [5.41, 5.74) is 2.41. The first-order valence-corrected chi connectivity index (χ1v) is 11.2. The van der Waals surface area contributed by atoms with Crippen molar-refractivity contribution in [1.82, 2.24) is 0 Å². The summed E-state index contributed by atoms with van der Waals surface area (Å²) >= 11 is 3.46. The fourth-order valence-electron chi connectivity index (χ4n) is 4.36. The highest BCUT2D eigenvalue weighted by Gasteiger charge is 2.17. The zero-order valence-electron chi connectivity index (χ0n) is 17.2. The fraction of sp³-hybridized carbons (Fsp3) is 0. The molecule has 0 bridgehead atoms. The van der Waals surface area contributed by atoms with Gasteiger partial charge < -0.3 is 8.83 Å². The van der Waals surface area contributed by atoms with E-state index in [1.807, 2.05) is 66.7 Å². The summed E-state index contributed by atoms with van der Waals surface area (Å²) in [5.74, 6) is 0. The second-order valence-electron chi connectivity index (χ2n) is 7.82. The van der Waals surface area contributed by atoms with Gasteiger partial charge in [0, 0.05) is 32.4 Å². The third-order valence-corrected chi connectivity index (χ3v) is 6.33. The lowest BCUT2D eigenvalue weighted by Crippen LogP contribution is -2.05. The fourth-order valence-corrected chi connectivity index (χ4v) is 4.74. The van der Waals surface area contributed by atoms with E-state index >= 15 is 0 Å². The molecule has 5 heteroatoms. The molecule has 0 saturated carbocycles. The average molecular weight is 495 g/mol. The Morgan fingerprint density at radius 1 is 0.576 bits per heavy atom. The molecule has 0 radical (unpaired) electrons. The molecule has 2 aromatic heterocycles. The molecular formula is C28H15BrO4. The van der Waals surface area contributed by atoms with Gasteiger partial charge in [-0.25, -0.2) is 9.59 Å². The number of fused-ring (bicyclic) bond motifs is 3. The maximum atomic E-state index is 12.9. The Bertz CT molecular complexity index is 1820. The van der Waals surface area contributed by atoms with E-state index in [0.29, 0.717) is 22.3 Å². The average Bonchev–Trinajstić information content (AvgIpc) is 2.83. The lowest BCUT2D eigenvalue weighted by Gasteiger charge is -2.11. The van der Waals surface area contributed by atoms with Gasteiger partial charge in [-0.2, -0.15) is 0 Å². The maximum absolute atomic E-state index is 12.9. The van der Waals surface area contributed by atoms with Crippen molar-refractivity contribution >= 4 is 48.6 Å². The van der Waals surface area contributed by atoms with Crippen LogP contribution in [0.15, 0.2) is 114 Å². The van der Waals surface area contributed by atoms with Gasteiger partial charge in [0.1, 0.15) is 11.2 Å². The zero-order chi connectivity index (χ0) is 22.5. The van der Waals surface area contributed by atoms with Crippen LogP contribution in [0, 0.1) is 0 Å². The number of halogens is 1. The minimum atomic E-state index is -0.490. The standard InChI is InChI=1S/C28H15BrO4/c29-18-11-12-25-17(13-18)14-24(28(31)32-25)22-10-4-9-21-23(15-26(30)33-27(21)22)20-8-3-6-16-5-1-2-7-19(16)20/h1-15H. The third kappa shape index (κ3) is 3.29. The van der Waals surface area contributed by atoms with Crippen molar-refractivity contribution in [3.05, 3.63) is 116 Å². The van der Waals surface area contributed by atoms with Gasteiger partial charge in [0.05, 0.1) is 5.56 Å². The number of hydrogen-bond donors (Lipinski definition) is 0. The first-order valence-electron chi connectivity index (χ1n) is 10.4. The minimum Gasteiger partial charge on any atom is -0.422 e. The SMILES string of the molecule is O=c1cc(-c2cccc3ccccc23)c2cccc(-c3cc4cc(Br)ccc4oc3=O)c2o1. The van der Waals surface area contributed by atoms with Crippen LogP contribution < -0.4 is 11.3 Å². The summed E-state index contributed by atoms with van der Waals surface area (Å²) in [7, 11) is 0. The highest BCUT2D eigenvalue weighted by atomic mass is 79.9. The first kappa shape index (κ1) is 19.7. The van der Waals surface area contributed by atoms with Crippen LogP contribution in [0.3, 0.4) is 0 Å². The van der Waals surface area contributed by atoms with E-state index < -0.39 is 11.3 Å². The lowest BCUT2D eigenvalue weighted by atomic mass is 9.94. The lowest BCUT2D eigenvalue weighted by molar-refractivity contribution is 0.556. The van der Waals surface area contributed by atoms with Crippen LogP contribution in [-0.4, -0.2) is 0 Å². The second kappa shape index (κ2) is 7.57. The van der Waals surface area contributed by atoms with Crippen molar-refractivity contribution in [3.8, 4) is 22.3 Å². The van der Waals surface area contributed by atoms with Crippen LogP contribution >= 0.6 is 15.9 Å². The normalized spacial score (nSPS) is 11.4. The van der Waals surface area contributed by atoms with E-state index in [0.717, 1.165) is 37.1 Å². The predicted molar refractivity (Wildman–Crippen MR) is 135 cm³/mol. The summed E-state index contributed by atoms with van der Waals surface area (Å²) in [5, 5.41) is 3.63. The smallest absolute Gasteiger partial charge is 0.344 e. The Morgan fingerprint density at radius 3 is 2.24 bits per heavy atom. The Kier molecular flexibility index (Phi) is 4.52. The Morgan fingerprint density at radius 2 is 1.33 bits per heavy atom. The van der Waals surface area contributed by atoms with Crippen LogP contribution in [-0.2, 0) is 0 Å². The van der Waals surface area contributed by atoms with E-state index in [1.165, 1.54) is 6.07 Å². The molecule has 33 heavy (non-hydrogen) atoms. The van der Waals surface area contributed by atoms with Gasteiger partial charge in [0.25, 0.3) is 0 Å². The van der Waals surface area contributed by atoms with Gasteiger partial charge in [-0.05, 0) is 40.6 Å². The molecule has 0 aliphatic heterocycles. The van der Waals surface area contributed by atoms with E-state index in [2.05, 4.69) is 15.9 Å². The highest BCUT2D eigenvalue weighted by molar-refractivity contribution is 9.10. The monoisotopic (exact) mass is 494 g/mol. The molecule has 6 aromatic rings. The summed E-state index contributed by atoms with van der Waals surface area (Å²) in [6.45, 7) is 0.